The maximum Gasteiger partial charge on any atom is 0.255 e. The summed E-state index contributed by atoms with van der Waals surface area (Å²) in [6.45, 7) is 13.4. The molecule has 2 aromatic heterocycles. The van der Waals surface area contributed by atoms with Gasteiger partial charge in [-0.3, -0.25) is 14.7 Å². The summed E-state index contributed by atoms with van der Waals surface area (Å²) < 4.78 is 1.88. The molecule has 7 heteroatoms. The van der Waals surface area contributed by atoms with Crippen LogP contribution >= 0.6 is 0 Å². The SMILES string of the molecule is CCNC1CCN(C2=CN3C(=O)C=C(c4cc5c(C)nc(C)cn5n4)C(C)CC=C3C(C)=C2)CC1. The molecule has 1 unspecified atom stereocenters. The summed E-state index contributed by atoms with van der Waals surface area (Å²) in [6, 6.07) is 2.64. The predicted octanol–water partition coefficient (Wildman–Crippen LogP) is 4.36. The first-order valence-electron chi connectivity index (χ1n) is 12.8. The van der Waals surface area contributed by atoms with Gasteiger partial charge in [-0.05, 0) is 75.8 Å². The molecule has 0 radical (unpaired) electrons. The van der Waals surface area contributed by atoms with Gasteiger partial charge in [0, 0.05) is 37.1 Å². The predicted molar refractivity (Wildman–Crippen MR) is 139 cm³/mol. The van der Waals surface area contributed by atoms with E-state index in [2.05, 4.69) is 54.2 Å². The summed E-state index contributed by atoms with van der Waals surface area (Å²) in [6.07, 6.45) is 13.3. The molecular formula is C28H36N6O. The Hall–Kier alpha value is -3.19. The van der Waals surface area contributed by atoms with Crippen LogP contribution in [0.1, 0.15) is 57.1 Å². The molecular weight excluding hydrogens is 436 g/mol. The summed E-state index contributed by atoms with van der Waals surface area (Å²) in [5.41, 5.74) is 7.92. The molecule has 3 aliphatic heterocycles. The van der Waals surface area contributed by atoms with E-state index in [9.17, 15) is 4.79 Å². The molecule has 7 nitrogen and oxygen atoms in total. The maximum absolute atomic E-state index is 13.6. The third kappa shape index (κ3) is 4.57. The van der Waals surface area contributed by atoms with Crippen LogP contribution in [-0.2, 0) is 4.79 Å². The number of nitrogens with zero attached hydrogens (tertiary/aromatic N) is 5. The number of nitrogens with one attached hydrogen (secondary N) is 1. The Morgan fingerprint density at radius 3 is 2.66 bits per heavy atom. The van der Waals surface area contributed by atoms with Crippen molar-refractivity contribution in [3.8, 4) is 0 Å². The Morgan fingerprint density at radius 1 is 1.14 bits per heavy atom. The molecule has 35 heavy (non-hydrogen) atoms. The zero-order valence-electron chi connectivity index (χ0n) is 21.5. The first kappa shape index (κ1) is 23.5. The zero-order chi connectivity index (χ0) is 24.7. The van der Waals surface area contributed by atoms with Gasteiger partial charge in [-0.2, -0.15) is 5.10 Å². The Balaban J connectivity index is 1.45. The molecule has 1 N–H and O–H groups in total. The first-order chi connectivity index (χ1) is 16.8. The van der Waals surface area contributed by atoms with E-state index in [0.29, 0.717) is 6.04 Å². The summed E-state index contributed by atoms with van der Waals surface area (Å²) in [5, 5.41) is 8.39. The van der Waals surface area contributed by atoms with Gasteiger partial charge >= 0.3 is 0 Å². The lowest BCUT2D eigenvalue weighted by Crippen LogP contribution is -2.42. The lowest BCUT2D eigenvalue weighted by molar-refractivity contribution is -0.122. The van der Waals surface area contributed by atoms with Crippen molar-refractivity contribution in [3.63, 3.8) is 0 Å². The molecule has 5 rings (SSSR count). The van der Waals surface area contributed by atoms with E-state index in [1.165, 1.54) is 0 Å². The van der Waals surface area contributed by atoms with E-state index < -0.39 is 0 Å². The second-order valence-corrected chi connectivity index (χ2v) is 10.1. The van der Waals surface area contributed by atoms with Crippen LogP contribution in [0, 0.1) is 19.8 Å². The van der Waals surface area contributed by atoms with Crippen molar-refractivity contribution < 1.29 is 4.79 Å². The summed E-state index contributed by atoms with van der Waals surface area (Å²) in [5.74, 6) is 0.157. The smallest absolute Gasteiger partial charge is 0.255 e. The van der Waals surface area contributed by atoms with Gasteiger partial charge in [-0.25, -0.2) is 4.52 Å². The molecule has 1 amide bonds. The highest BCUT2D eigenvalue weighted by Crippen LogP contribution is 2.34. The first-order valence-corrected chi connectivity index (χ1v) is 12.8. The summed E-state index contributed by atoms with van der Waals surface area (Å²) in [7, 11) is 0. The Kier molecular flexibility index (Phi) is 6.36. The molecule has 5 heterocycles. The summed E-state index contributed by atoms with van der Waals surface area (Å²) >= 11 is 0. The lowest BCUT2D eigenvalue weighted by atomic mass is 9.91. The minimum Gasteiger partial charge on any atom is -0.370 e. The minimum absolute atomic E-state index is 0.0200. The van der Waals surface area contributed by atoms with Crippen LogP contribution in [0.2, 0.25) is 0 Å². The minimum atomic E-state index is -0.0200. The third-order valence-electron chi connectivity index (χ3n) is 7.41. The van der Waals surface area contributed by atoms with Gasteiger partial charge in [0.05, 0.1) is 34.5 Å². The van der Waals surface area contributed by atoms with Gasteiger partial charge < -0.3 is 10.2 Å². The molecule has 3 aliphatic rings. The van der Waals surface area contributed by atoms with E-state index >= 15 is 0 Å². The Morgan fingerprint density at radius 2 is 1.91 bits per heavy atom. The number of hydrogen-bond acceptors (Lipinski definition) is 5. The summed E-state index contributed by atoms with van der Waals surface area (Å²) in [4.78, 5) is 22.5. The number of amides is 1. The van der Waals surface area contributed by atoms with Crippen LogP contribution < -0.4 is 5.32 Å². The molecule has 2 aromatic rings. The quantitative estimate of drug-likeness (QED) is 0.716. The van der Waals surface area contributed by atoms with Crippen molar-refractivity contribution in [2.45, 2.75) is 59.9 Å². The molecule has 184 valence electrons. The highest BCUT2D eigenvalue weighted by Gasteiger charge is 2.28. The maximum atomic E-state index is 13.6. The monoisotopic (exact) mass is 472 g/mol. The number of aromatic nitrogens is 3. The Labute approximate surface area is 207 Å². The molecule has 0 saturated carbocycles. The average molecular weight is 473 g/mol. The van der Waals surface area contributed by atoms with Crippen LogP contribution in [0.25, 0.3) is 11.1 Å². The van der Waals surface area contributed by atoms with E-state index in [-0.39, 0.29) is 11.8 Å². The van der Waals surface area contributed by atoms with Crippen molar-refractivity contribution in [1.82, 2.24) is 29.7 Å². The van der Waals surface area contributed by atoms with Gasteiger partial charge in [0.1, 0.15) is 0 Å². The number of allylic oxidation sites excluding steroid dienone is 4. The number of aryl methyl sites for hydroxylation is 2. The van der Waals surface area contributed by atoms with Crippen molar-refractivity contribution in [2.24, 2.45) is 5.92 Å². The van der Waals surface area contributed by atoms with Gasteiger partial charge in [-0.15, -0.1) is 0 Å². The van der Waals surface area contributed by atoms with Crippen LogP contribution in [0.5, 0.6) is 0 Å². The highest BCUT2D eigenvalue weighted by molar-refractivity contribution is 5.98. The average Bonchev–Trinajstić information content (AvgIpc) is 3.25. The number of rotatable bonds is 4. The number of hydrogen-bond donors (Lipinski definition) is 1. The molecule has 1 atom stereocenters. The zero-order valence-corrected chi connectivity index (χ0v) is 21.5. The number of carbonyl (C=O) groups excluding carboxylic acids is 1. The molecule has 1 saturated heterocycles. The van der Waals surface area contributed by atoms with E-state index in [0.717, 1.165) is 84.0 Å². The molecule has 1 fully saturated rings. The van der Waals surface area contributed by atoms with Crippen LogP contribution in [0.15, 0.2) is 53.7 Å². The van der Waals surface area contributed by atoms with Gasteiger partial charge in [0.15, 0.2) is 0 Å². The van der Waals surface area contributed by atoms with Crippen molar-refractivity contribution >= 4 is 17.0 Å². The molecule has 0 aromatic carbocycles. The van der Waals surface area contributed by atoms with Gasteiger partial charge in [0.2, 0.25) is 0 Å². The van der Waals surface area contributed by atoms with E-state index in [4.69, 9.17) is 5.10 Å². The van der Waals surface area contributed by atoms with Crippen molar-refractivity contribution in [3.05, 3.63) is 70.7 Å². The van der Waals surface area contributed by atoms with E-state index in [1.54, 1.807) is 6.08 Å². The fourth-order valence-corrected chi connectivity index (χ4v) is 5.49. The van der Waals surface area contributed by atoms with Crippen LogP contribution in [-0.4, -0.2) is 56.0 Å². The normalized spacial score (nSPS) is 21.7. The largest absolute Gasteiger partial charge is 0.370 e. The second kappa shape index (κ2) is 9.46. The fourth-order valence-electron chi connectivity index (χ4n) is 5.49. The standard InChI is InChI=1S/C28H36N6O/c1-6-29-22-9-11-32(12-10-22)23-13-19(3)26-8-7-18(2)24(14-28(35)33(26)17-23)25-15-27-21(5)30-20(4)16-34(27)31-25/h8,13-18,22,29H,6-7,9-12H2,1-5H3. The second-order valence-electron chi connectivity index (χ2n) is 10.1. The highest BCUT2D eigenvalue weighted by atomic mass is 16.2. The van der Waals surface area contributed by atoms with Crippen LogP contribution in [0.4, 0.5) is 0 Å². The molecule has 0 bridgehead atoms. The van der Waals surface area contributed by atoms with Gasteiger partial charge in [-0.1, -0.05) is 19.9 Å². The van der Waals surface area contributed by atoms with Crippen LogP contribution in [0.3, 0.4) is 0 Å². The fraction of sp³-hybridized carbons (Fsp3) is 0.464. The van der Waals surface area contributed by atoms with E-state index in [1.807, 2.05) is 35.7 Å². The van der Waals surface area contributed by atoms with Crippen molar-refractivity contribution in [1.29, 1.82) is 0 Å². The lowest BCUT2D eigenvalue weighted by Gasteiger charge is -2.38. The number of carbonyl (C=O) groups is 1. The number of fused-ring (bicyclic) bond motifs is 2. The number of piperidine rings is 1. The van der Waals surface area contributed by atoms with Crippen molar-refractivity contribution in [2.75, 3.05) is 19.6 Å². The third-order valence-corrected chi connectivity index (χ3v) is 7.41. The Bertz CT molecular complexity index is 1270. The molecule has 0 spiro atoms. The molecule has 0 aliphatic carbocycles. The number of likely N-dealkylation sites (tertiary alicyclic amines) is 1. The van der Waals surface area contributed by atoms with Gasteiger partial charge in [0.25, 0.3) is 5.91 Å². The topological polar surface area (TPSA) is 65.8 Å².